The molecule has 1 saturated carbocycles. The van der Waals surface area contributed by atoms with Crippen LogP contribution in [0.25, 0.3) is 6.08 Å². The first-order valence-corrected chi connectivity index (χ1v) is 14.2. The standard InChI is InChI=1S/C30H43NO6/c1-3-8-20-16-24-28(30(36)31(29(24)35)21-9-6-5-7-10-21)25(18-33)27(20)26(34)14-11-19(4-2)15-22-12-13-23(17-32)37-22/h12-13,15,21,24-26,28,32-34H,3-11,14,16-18H2,1-2H3/b19-15+/t24-,25+,26-,28-/m1/s1. The highest BCUT2D eigenvalue weighted by molar-refractivity contribution is 6.06. The Morgan fingerprint density at radius 1 is 1.14 bits per heavy atom. The quantitative estimate of drug-likeness (QED) is 0.291. The first-order valence-electron chi connectivity index (χ1n) is 14.2. The van der Waals surface area contributed by atoms with Crippen LogP contribution in [0.4, 0.5) is 0 Å². The number of carbonyl (C=O) groups is 2. The number of nitrogens with zero attached hydrogens (tertiary/aromatic N) is 1. The van der Waals surface area contributed by atoms with Gasteiger partial charge in [-0.3, -0.25) is 14.5 Å². The Labute approximate surface area is 220 Å². The van der Waals surface area contributed by atoms with E-state index in [-0.39, 0.29) is 31.1 Å². The van der Waals surface area contributed by atoms with Crippen LogP contribution in [0, 0.1) is 17.8 Å². The van der Waals surface area contributed by atoms with Crippen LogP contribution in [0.1, 0.15) is 96.0 Å². The lowest BCUT2D eigenvalue weighted by atomic mass is 9.67. The van der Waals surface area contributed by atoms with Crippen molar-refractivity contribution in [2.45, 2.75) is 103 Å². The Kier molecular flexibility index (Phi) is 9.43. The third kappa shape index (κ3) is 5.79. The summed E-state index contributed by atoms with van der Waals surface area (Å²) >= 11 is 0. The molecule has 2 amide bonds. The minimum atomic E-state index is -0.786. The van der Waals surface area contributed by atoms with Gasteiger partial charge in [-0.2, -0.15) is 0 Å². The Morgan fingerprint density at radius 3 is 2.51 bits per heavy atom. The molecule has 0 bridgehead atoms. The smallest absolute Gasteiger partial charge is 0.234 e. The minimum Gasteiger partial charge on any atom is -0.459 e. The second-order valence-electron chi connectivity index (χ2n) is 10.9. The highest BCUT2D eigenvalue weighted by Crippen LogP contribution is 2.48. The van der Waals surface area contributed by atoms with E-state index in [4.69, 9.17) is 4.42 Å². The van der Waals surface area contributed by atoms with Gasteiger partial charge in [-0.05, 0) is 68.7 Å². The normalized spacial score (nSPS) is 26.2. The zero-order chi connectivity index (χ0) is 26.5. The zero-order valence-corrected chi connectivity index (χ0v) is 22.3. The molecule has 204 valence electrons. The SMILES string of the molecule is CCCC1=C([C@H](O)CC/C(=C/c2ccc(CO)o2)CC)[C@H](CO)[C@@H]2C(=O)N(C3CCCCC3)C(=O)[C@@H]2C1. The van der Waals surface area contributed by atoms with Crippen molar-refractivity contribution in [3.05, 3.63) is 40.4 Å². The van der Waals surface area contributed by atoms with E-state index in [1.165, 1.54) is 4.90 Å². The number of carbonyl (C=O) groups excluding carboxylic acids is 2. The van der Waals surface area contributed by atoms with Crippen LogP contribution in [-0.4, -0.2) is 50.8 Å². The summed E-state index contributed by atoms with van der Waals surface area (Å²) in [5.41, 5.74) is 2.94. The maximum absolute atomic E-state index is 13.6. The van der Waals surface area contributed by atoms with Gasteiger partial charge in [0.1, 0.15) is 18.1 Å². The van der Waals surface area contributed by atoms with Gasteiger partial charge in [-0.25, -0.2) is 0 Å². The summed E-state index contributed by atoms with van der Waals surface area (Å²) in [4.78, 5) is 28.7. The summed E-state index contributed by atoms with van der Waals surface area (Å²) in [6.07, 6.45) is 10.2. The molecule has 1 aliphatic heterocycles. The van der Waals surface area contributed by atoms with Crippen LogP contribution >= 0.6 is 0 Å². The number of fused-ring (bicyclic) bond motifs is 1. The van der Waals surface area contributed by atoms with E-state index < -0.39 is 23.9 Å². The molecule has 7 heteroatoms. The number of imide groups is 1. The topological polar surface area (TPSA) is 111 Å². The average molecular weight is 514 g/mol. The highest BCUT2D eigenvalue weighted by Gasteiger charge is 2.56. The molecule has 1 saturated heterocycles. The van der Waals surface area contributed by atoms with Gasteiger partial charge in [0, 0.05) is 12.0 Å². The number of allylic oxidation sites excluding steroid dienone is 2. The average Bonchev–Trinajstić information content (AvgIpc) is 3.47. The largest absolute Gasteiger partial charge is 0.459 e. The summed E-state index contributed by atoms with van der Waals surface area (Å²) in [6.45, 7) is 3.74. The van der Waals surface area contributed by atoms with Crippen LogP contribution < -0.4 is 0 Å². The summed E-state index contributed by atoms with van der Waals surface area (Å²) in [5.74, 6) is -0.552. The molecule has 2 fully saturated rings. The van der Waals surface area contributed by atoms with E-state index in [2.05, 4.69) is 13.8 Å². The molecule has 4 rings (SSSR count). The molecular formula is C30H43NO6. The van der Waals surface area contributed by atoms with Crippen molar-refractivity contribution >= 4 is 17.9 Å². The Bertz CT molecular complexity index is 1020. The maximum Gasteiger partial charge on any atom is 0.234 e. The number of aliphatic hydroxyl groups excluding tert-OH is 3. The van der Waals surface area contributed by atoms with Gasteiger partial charge < -0.3 is 19.7 Å². The van der Waals surface area contributed by atoms with Crippen molar-refractivity contribution in [1.82, 2.24) is 4.90 Å². The lowest BCUT2D eigenvalue weighted by molar-refractivity contribution is -0.143. The fourth-order valence-electron chi connectivity index (χ4n) is 6.81. The van der Waals surface area contributed by atoms with Gasteiger partial charge in [-0.15, -0.1) is 0 Å². The van der Waals surface area contributed by atoms with Gasteiger partial charge in [0.25, 0.3) is 0 Å². The van der Waals surface area contributed by atoms with Gasteiger partial charge in [0.05, 0.1) is 24.5 Å². The third-order valence-electron chi connectivity index (χ3n) is 8.64. The van der Waals surface area contributed by atoms with Crippen LogP contribution in [0.15, 0.2) is 33.3 Å². The van der Waals surface area contributed by atoms with E-state index in [0.717, 1.165) is 68.1 Å². The molecular weight excluding hydrogens is 470 g/mol. The number of furan rings is 1. The van der Waals surface area contributed by atoms with Crippen molar-refractivity contribution in [2.24, 2.45) is 17.8 Å². The van der Waals surface area contributed by atoms with Crippen molar-refractivity contribution in [2.75, 3.05) is 6.61 Å². The number of hydrogen-bond donors (Lipinski definition) is 3. The van der Waals surface area contributed by atoms with Gasteiger partial charge in [-0.1, -0.05) is 50.7 Å². The summed E-state index contributed by atoms with van der Waals surface area (Å²) in [6, 6.07) is 3.55. The molecule has 2 aliphatic carbocycles. The number of hydrogen-bond acceptors (Lipinski definition) is 6. The van der Waals surface area contributed by atoms with Gasteiger partial charge >= 0.3 is 0 Å². The van der Waals surface area contributed by atoms with Crippen LogP contribution in [0.5, 0.6) is 0 Å². The molecule has 1 aromatic heterocycles. The monoisotopic (exact) mass is 513 g/mol. The Balaban J connectivity index is 1.55. The van der Waals surface area contributed by atoms with Crippen LogP contribution in [0.2, 0.25) is 0 Å². The third-order valence-corrected chi connectivity index (χ3v) is 8.64. The van der Waals surface area contributed by atoms with Crippen molar-refractivity contribution < 1.29 is 29.3 Å². The molecule has 2 heterocycles. The van der Waals surface area contributed by atoms with Crippen molar-refractivity contribution in [1.29, 1.82) is 0 Å². The van der Waals surface area contributed by atoms with E-state index in [0.29, 0.717) is 30.8 Å². The van der Waals surface area contributed by atoms with E-state index >= 15 is 0 Å². The fraction of sp³-hybridized carbons (Fsp3) is 0.667. The first-order chi connectivity index (χ1) is 17.9. The molecule has 4 atom stereocenters. The van der Waals surface area contributed by atoms with E-state index in [1.807, 2.05) is 12.1 Å². The van der Waals surface area contributed by atoms with Crippen molar-refractivity contribution in [3.63, 3.8) is 0 Å². The highest BCUT2D eigenvalue weighted by atomic mass is 16.4. The molecule has 0 aromatic carbocycles. The summed E-state index contributed by atoms with van der Waals surface area (Å²) in [5, 5.41) is 31.2. The predicted octanol–water partition coefficient (Wildman–Crippen LogP) is 4.75. The van der Waals surface area contributed by atoms with Crippen LogP contribution in [-0.2, 0) is 16.2 Å². The van der Waals surface area contributed by atoms with Crippen LogP contribution in [0.3, 0.4) is 0 Å². The summed E-state index contributed by atoms with van der Waals surface area (Å²) < 4.78 is 5.60. The number of amides is 2. The molecule has 3 N–H and O–H groups in total. The number of likely N-dealkylation sites (tertiary alicyclic amines) is 1. The van der Waals surface area contributed by atoms with Crippen molar-refractivity contribution in [3.8, 4) is 0 Å². The van der Waals surface area contributed by atoms with Gasteiger partial charge in [0.2, 0.25) is 11.8 Å². The lowest BCUT2D eigenvalue weighted by Crippen LogP contribution is -2.42. The number of aliphatic hydroxyl groups is 3. The Hall–Kier alpha value is -2.22. The molecule has 1 aromatic rings. The first kappa shape index (κ1) is 27.8. The molecule has 7 nitrogen and oxygen atoms in total. The maximum atomic E-state index is 13.6. The Morgan fingerprint density at radius 2 is 1.89 bits per heavy atom. The number of rotatable bonds is 11. The molecule has 0 radical (unpaired) electrons. The molecule has 3 aliphatic rings. The lowest BCUT2D eigenvalue weighted by Gasteiger charge is -2.36. The zero-order valence-electron chi connectivity index (χ0n) is 22.3. The predicted molar refractivity (Wildman–Crippen MR) is 141 cm³/mol. The fourth-order valence-corrected chi connectivity index (χ4v) is 6.81. The second-order valence-corrected chi connectivity index (χ2v) is 10.9. The van der Waals surface area contributed by atoms with E-state index in [9.17, 15) is 24.9 Å². The summed E-state index contributed by atoms with van der Waals surface area (Å²) in [7, 11) is 0. The van der Waals surface area contributed by atoms with Gasteiger partial charge in [0.15, 0.2) is 0 Å². The minimum absolute atomic E-state index is 0.0214. The van der Waals surface area contributed by atoms with E-state index in [1.54, 1.807) is 6.07 Å². The second kappa shape index (κ2) is 12.5. The molecule has 0 unspecified atom stereocenters. The molecule has 0 spiro atoms. The molecule has 37 heavy (non-hydrogen) atoms.